The summed E-state index contributed by atoms with van der Waals surface area (Å²) >= 11 is 0. The molecule has 1 N–H and O–H groups in total. The third kappa shape index (κ3) is 3.01. The maximum atomic E-state index is 12.3. The molecule has 0 aromatic rings. The molecule has 0 aromatic carbocycles. The minimum absolute atomic E-state index is 0.0425. The smallest absolute Gasteiger partial charge is 0.241 e. The van der Waals surface area contributed by atoms with Crippen LogP contribution in [-0.2, 0) is 4.79 Å². The van der Waals surface area contributed by atoms with Gasteiger partial charge in [-0.1, -0.05) is 33.6 Å². The monoisotopic (exact) mass is 238 g/mol. The van der Waals surface area contributed by atoms with Crippen molar-refractivity contribution in [2.75, 3.05) is 6.54 Å². The summed E-state index contributed by atoms with van der Waals surface area (Å²) in [5.74, 6) is 1.69. The fourth-order valence-corrected chi connectivity index (χ4v) is 2.74. The van der Waals surface area contributed by atoms with Gasteiger partial charge in [-0.3, -0.25) is 10.1 Å². The van der Waals surface area contributed by atoms with Gasteiger partial charge in [0, 0.05) is 6.54 Å². The van der Waals surface area contributed by atoms with Crippen molar-refractivity contribution >= 4 is 5.91 Å². The van der Waals surface area contributed by atoms with Crippen LogP contribution in [0.15, 0.2) is 0 Å². The molecule has 0 spiro atoms. The second-order valence-electron chi connectivity index (χ2n) is 5.93. The Kier molecular flexibility index (Phi) is 4.08. The summed E-state index contributed by atoms with van der Waals surface area (Å²) in [4.78, 5) is 14.3. The minimum atomic E-state index is 0.0425. The number of nitrogens with zero attached hydrogens (tertiary/aromatic N) is 1. The van der Waals surface area contributed by atoms with E-state index in [1.54, 1.807) is 0 Å². The van der Waals surface area contributed by atoms with Crippen molar-refractivity contribution in [3.05, 3.63) is 0 Å². The molecule has 1 aliphatic carbocycles. The van der Waals surface area contributed by atoms with E-state index in [4.69, 9.17) is 0 Å². The van der Waals surface area contributed by atoms with E-state index in [2.05, 4.69) is 31.0 Å². The van der Waals surface area contributed by atoms with Crippen LogP contribution in [0.25, 0.3) is 0 Å². The first-order valence-corrected chi connectivity index (χ1v) is 7.20. The van der Waals surface area contributed by atoms with Crippen molar-refractivity contribution in [1.82, 2.24) is 10.2 Å². The van der Waals surface area contributed by atoms with Gasteiger partial charge in [0.2, 0.25) is 5.91 Å². The molecule has 98 valence electrons. The van der Waals surface area contributed by atoms with E-state index in [0.717, 1.165) is 18.9 Å². The molecule has 2 aliphatic rings. The number of nitrogens with one attached hydrogen (secondary N) is 1. The highest BCUT2D eigenvalue weighted by Crippen LogP contribution is 2.33. The lowest BCUT2D eigenvalue weighted by Gasteiger charge is -2.23. The van der Waals surface area contributed by atoms with Crippen LogP contribution in [0.4, 0.5) is 0 Å². The third-order valence-corrected chi connectivity index (χ3v) is 4.06. The molecule has 0 bridgehead atoms. The molecular formula is C14H26N2O. The van der Waals surface area contributed by atoms with Gasteiger partial charge < -0.3 is 4.90 Å². The molecule has 2 unspecified atom stereocenters. The van der Waals surface area contributed by atoms with E-state index < -0.39 is 0 Å². The largest absolute Gasteiger partial charge is 0.326 e. The summed E-state index contributed by atoms with van der Waals surface area (Å²) in [6.07, 6.45) is 6.61. The molecule has 1 saturated carbocycles. The normalized spacial score (nSPS) is 29.4. The van der Waals surface area contributed by atoms with E-state index >= 15 is 0 Å². The van der Waals surface area contributed by atoms with Crippen LogP contribution in [0.3, 0.4) is 0 Å². The lowest BCUT2D eigenvalue weighted by molar-refractivity contribution is -0.130. The van der Waals surface area contributed by atoms with Crippen LogP contribution in [0.1, 0.15) is 52.9 Å². The minimum Gasteiger partial charge on any atom is -0.326 e. The van der Waals surface area contributed by atoms with E-state index in [9.17, 15) is 4.79 Å². The molecule has 2 atom stereocenters. The summed E-state index contributed by atoms with van der Waals surface area (Å²) in [7, 11) is 0. The second-order valence-corrected chi connectivity index (χ2v) is 5.93. The number of hydrogen-bond acceptors (Lipinski definition) is 2. The van der Waals surface area contributed by atoms with Gasteiger partial charge in [-0.15, -0.1) is 0 Å². The van der Waals surface area contributed by atoms with Crippen LogP contribution in [0, 0.1) is 11.8 Å². The fraction of sp³-hybridized carbons (Fsp3) is 0.929. The molecular weight excluding hydrogens is 212 g/mol. The number of carbonyl (C=O) groups is 1. The number of hydrogen-bond donors (Lipinski definition) is 1. The van der Waals surface area contributed by atoms with Gasteiger partial charge in [-0.2, -0.15) is 0 Å². The Morgan fingerprint density at radius 2 is 2.12 bits per heavy atom. The van der Waals surface area contributed by atoms with Crippen molar-refractivity contribution in [2.45, 2.75) is 65.1 Å². The van der Waals surface area contributed by atoms with Crippen molar-refractivity contribution in [3.63, 3.8) is 0 Å². The molecule has 2 rings (SSSR count). The summed E-state index contributed by atoms with van der Waals surface area (Å²) in [5.41, 5.74) is 0. The Hall–Kier alpha value is -0.570. The molecule has 1 amide bonds. The van der Waals surface area contributed by atoms with Gasteiger partial charge in [-0.25, -0.2) is 0 Å². The first-order chi connectivity index (χ1) is 8.13. The van der Waals surface area contributed by atoms with E-state index in [0.29, 0.717) is 11.8 Å². The summed E-state index contributed by atoms with van der Waals surface area (Å²) in [5, 5.41) is 3.47. The lowest BCUT2D eigenvalue weighted by Crippen LogP contribution is -2.37. The number of amides is 1. The number of rotatable bonds is 6. The second kappa shape index (κ2) is 5.38. The predicted octanol–water partition coefficient (Wildman–Crippen LogP) is 2.37. The van der Waals surface area contributed by atoms with E-state index in [1.807, 2.05) is 0 Å². The first-order valence-electron chi connectivity index (χ1n) is 7.20. The highest BCUT2D eigenvalue weighted by Gasteiger charge is 2.38. The van der Waals surface area contributed by atoms with Crippen molar-refractivity contribution in [1.29, 1.82) is 0 Å². The molecule has 1 heterocycles. The maximum Gasteiger partial charge on any atom is 0.241 e. The van der Waals surface area contributed by atoms with Crippen molar-refractivity contribution in [3.8, 4) is 0 Å². The Bertz CT molecular complexity index is 273. The molecule has 1 aliphatic heterocycles. The highest BCUT2D eigenvalue weighted by molar-refractivity contribution is 5.84. The quantitative estimate of drug-likeness (QED) is 0.770. The Morgan fingerprint density at radius 3 is 2.65 bits per heavy atom. The lowest BCUT2D eigenvalue weighted by atomic mass is 10.0. The van der Waals surface area contributed by atoms with Gasteiger partial charge in [0.1, 0.15) is 0 Å². The molecule has 0 radical (unpaired) electrons. The van der Waals surface area contributed by atoms with Crippen molar-refractivity contribution in [2.24, 2.45) is 11.8 Å². The molecule has 3 heteroatoms. The predicted molar refractivity (Wildman–Crippen MR) is 69.5 cm³/mol. The average molecular weight is 238 g/mol. The zero-order chi connectivity index (χ0) is 12.4. The SMILES string of the molecule is CCC1NC(C(C)C)C(=O)N1CCCC1CC1. The molecule has 0 aromatic heterocycles. The van der Waals surface area contributed by atoms with E-state index in [1.165, 1.54) is 25.7 Å². The van der Waals surface area contributed by atoms with Gasteiger partial charge in [0.15, 0.2) is 0 Å². The Balaban J connectivity index is 1.85. The number of carbonyl (C=O) groups excluding carboxylic acids is 1. The molecule has 17 heavy (non-hydrogen) atoms. The zero-order valence-electron chi connectivity index (χ0n) is 11.4. The summed E-state index contributed by atoms with van der Waals surface area (Å²) in [6.45, 7) is 7.34. The molecule has 1 saturated heterocycles. The van der Waals surface area contributed by atoms with Crippen LogP contribution < -0.4 is 5.32 Å². The fourth-order valence-electron chi connectivity index (χ4n) is 2.74. The first kappa shape index (κ1) is 12.9. The zero-order valence-corrected chi connectivity index (χ0v) is 11.4. The maximum absolute atomic E-state index is 12.3. The van der Waals surface area contributed by atoms with Gasteiger partial charge >= 0.3 is 0 Å². The average Bonchev–Trinajstić information content (AvgIpc) is 3.04. The summed E-state index contributed by atoms with van der Waals surface area (Å²) < 4.78 is 0. The Labute approximate surface area is 105 Å². The van der Waals surface area contributed by atoms with E-state index in [-0.39, 0.29) is 12.2 Å². The van der Waals surface area contributed by atoms with Crippen LogP contribution >= 0.6 is 0 Å². The van der Waals surface area contributed by atoms with Gasteiger partial charge in [0.25, 0.3) is 0 Å². The molecule has 3 nitrogen and oxygen atoms in total. The van der Waals surface area contributed by atoms with Gasteiger partial charge in [0.05, 0.1) is 12.2 Å². The molecule has 2 fully saturated rings. The third-order valence-electron chi connectivity index (χ3n) is 4.06. The topological polar surface area (TPSA) is 32.3 Å². The van der Waals surface area contributed by atoms with Crippen LogP contribution in [0.2, 0.25) is 0 Å². The van der Waals surface area contributed by atoms with Crippen LogP contribution in [-0.4, -0.2) is 29.6 Å². The highest BCUT2D eigenvalue weighted by atomic mass is 16.2. The summed E-state index contributed by atoms with van der Waals surface area (Å²) in [6, 6.07) is 0.0425. The standard InChI is InChI=1S/C14H26N2O/c1-4-12-15-13(10(2)3)14(17)16(12)9-5-6-11-7-8-11/h10-13,15H,4-9H2,1-3H3. The van der Waals surface area contributed by atoms with Crippen molar-refractivity contribution < 1.29 is 4.79 Å². The van der Waals surface area contributed by atoms with Gasteiger partial charge in [-0.05, 0) is 31.1 Å². The van der Waals surface area contributed by atoms with Crippen LogP contribution in [0.5, 0.6) is 0 Å². The Morgan fingerprint density at radius 1 is 1.41 bits per heavy atom.